The topological polar surface area (TPSA) is 59.0 Å². The average Bonchev–Trinajstić information content (AvgIpc) is 3.51. The summed E-state index contributed by atoms with van der Waals surface area (Å²) in [6.45, 7) is 0. The third-order valence-electron chi connectivity index (χ3n) is 7.09. The number of imide groups is 1. The molecule has 28 heavy (non-hydrogen) atoms. The van der Waals surface area contributed by atoms with E-state index in [0.717, 1.165) is 27.8 Å². The van der Waals surface area contributed by atoms with Gasteiger partial charge in [0.05, 0.1) is 25.2 Å². The third kappa shape index (κ3) is 1.99. The van der Waals surface area contributed by atoms with E-state index in [2.05, 4.69) is 17.3 Å². The summed E-state index contributed by atoms with van der Waals surface area (Å²) in [4.78, 5) is 26.1. The van der Waals surface area contributed by atoms with Gasteiger partial charge in [-0.15, -0.1) is 0 Å². The number of nitrogens with zero attached hydrogens (tertiary/aromatic N) is 2. The molecule has 6 atom stereocenters. The predicted molar refractivity (Wildman–Crippen MR) is 105 cm³/mol. The predicted octanol–water partition coefficient (Wildman–Crippen LogP) is 3.24. The van der Waals surface area contributed by atoms with E-state index in [-0.39, 0.29) is 35.5 Å². The number of carbonyl (C=O) groups excluding carboxylic acids is 2. The average molecular weight is 372 g/mol. The Hall–Kier alpha value is -2.95. The second-order valence-electron chi connectivity index (χ2n) is 8.29. The molecule has 0 N–H and O–H groups in total. The van der Waals surface area contributed by atoms with Crippen LogP contribution in [0.4, 0.5) is 0 Å². The van der Waals surface area contributed by atoms with Crippen LogP contribution in [0.15, 0.2) is 53.7 Å². The van der Waals surface area contributed by atoms with E-state index in [9.17, 15) is 9.59 Å². The highest BCUT2D eigenvalue weighted by atomic mass is 16.5. The lowest BCUT2D eigenvalue weighted by atomic mass is 9.63. The van der Waals surface area contributed by atoms with Gasteiger partial charge in [-0.3, -0.25) is 9.59 Å². The highest BCUT2D eigenvalue weighted by Crippen LogP contribution is 2.65. The first-order chi connectivity index (χ1) is 13.7. The number of methoxy groups -OCH3 is 1. The second kappa shape index (κ2) is 5.53. The third-order valence-corrected chi connectivity index (χ3v) is 7.09. The maximum absolute atomic E-state index is 13.1. The van der Waals surface area contributed by atoms with Gasteiger partial charge in [-0.1, -0.05) is 42.5 Å². The van der Waals surface area contributed by atoms with Crippen molar-refractivity contribution < 1.29 is 14.3 Å². The van der Waals surface area contributed by atoms with Crippen molar-refractivity contribution in [2.75, 3.05) is 7.11 Å². The lowest BCUT2D eigenvalue weighted by Gasteiger charge is -2.37. The molecule has 140 valence electrons. The highest BCUT2D eigenvalue weighted by Gasteiger charge is 2.67. The molecule has 0 aromatic heterocycles. The summed E-state index contributed by atoms with van der Waals surface area (Å²) in [7, 11) is 1.61. The molecule has 2 bridgehead atoms. The fourth-order valence-electron chi connectivity index (χ4n) is 5.76. The zero-order valence-electron chi connectivity index (χ0n) is 15.5. The smallest absolute Gasteiger partial charge is 0.254 e. The van der Waals surface area contributed by atoms with Gasteiger partial charge in [0.25, 0.3) is 11.8 Å². The van der Waals surface area contributed by atoms with Crippen LogP contribution in [-0.2, 0) is 9.59 Å². The van der Waals surface area contributed by atoms with E-state index in [1.807, 2.05) is 36.4 Å². The van der Waals surface area contributed by atoms with Crippen LogP contribution >= 0.6 is 0 Å². The van der Waals surface area contributed by atoms with Crippen LogP contribution in [0.3, 0.4) is 0 Å². The molecule has 7 rings (SSSR count). The van der Waals surface area contributed by atoms with Gasteiger partial charge >= 0.3 is 0 Å². The maximum atomic E-state index is 13.1. The normalized spacial score (nSPS) is 35.0. The molecule has 0 unspecified atom stereocenters. The van der Waals surface area contributed by atoms with Crippen molar-refractivity contribution in [2.24, 2.45) is 40.6 Å². The molecule has 2 aromatic carbocycles. The van der Waals surface area contributed by atoms with Crippen molar-refractivity contribution in [3.63, 3.8) is 0 Å². The van der Waals surface area contributed by atoms with Crippen LogP contribution in [0.1, 0.15) is 12.0 Å². The Kier molecular flexibility index (Phi) is 3.17. The molecule has 2 aromatic rings. The molecule has 5 heteroatoms. The fourth-order valence-corrected chi connectivity index (χ4v) is 5.76. The lowest BCUT2D eigenvalue weighted by molar-refractivity contribution is -0.140. The first kappa shape index (κ1) is 16.0. The molecule has 5 nitrogen and oxygen atoms in total. The Bertz CT molecular complexity index is 1050. The maximum Gasteiger partial charge on any atom is 0.254 e. The van der Waals surface area contributed by atoms with Crippen molar-refractivity contribution in [1.82, 2.24) is 5.01 Å². The monoisotopic (exact) mass is 372 g/mol. The summed E-state index contributed by atoms with van der Waals surface area (Å²) in [5, 5.41) is 7.53. The van der Waals surface area contributed by atoms with Gasteiger partial charge in [0, 0.05) is 5.56 Å². The first-order valence-corrected chi connectivity index (χ1v) is 9.85. The zero-order chi connectivity index (χ0) is 19.0. The van der Waals surface area contributed by atoms with Gasteiger partial charge in [0.2, 0.25) is 0 Å². The summed E-state index contributed by atoms with van der Waals surface area (Å²) >= 11 is 0. The summed E-state index contributed by atoms with van der Waals surface area (Å²) in [5.74, 6) is 1.54. The number of rotatable bonds is 3. The van der Waals surface area contributed by atoms with Crippen molar-refractivity contribution in [2.45, 2.75) is 6.42 Å². The van der Waals surface area contributed by atoms with Crippen molar-refractivity contribution in [1.29, 1.82) is 0 Å². The molecule has 4 aliphatic carbocycles. The lowest BCUT2D eigenvalue weighted by Crippen LogP contribution is -2.40. The van der Waals surface area contributed by atoms with E-state index in [1.54, 1.807) is 13.3 Å². The van der Waals surface area contributed by atoms with Gasteiger partial charge < -0.3 is 4.74 Å². The van der Waals surface area contributed by atoms with Gasteiger partial charge in [0.15, 0.2) is 0 Å². The van der Waals surface area contributed by atoms with E-state index >= 15 is 0 Å². The van der Waals surface area contributed by atoms with E-state index in [1.165, 1.54) is 0 Å². The number of allylic oxidation sites excluding steroid dienone is 2. The van der Waals surface area contributed by atoms with Crippen LogP contribution in [-0.4, -0.2) is 30.1 Å². The number of fused-ring (bicyclic) bond motifs is 1. The molecule has 1 heterocycles. The van der Waals surface area contributed by atoms with Gasteiger partial charge in [-0.25, -0.2) is 0 Å². The summed E-state index contributed by atoms with van der Waals surface area (Å²) in [6.07, 6.45) is 7.11. The van der Waals surface area contributed by atoms with Gasteiger partial charge in [-0.05, 0) is 46.9 Å². The van der Waals surface area contributed by atoms with Crippen LogP contribution in [0.25, 0.3) is 10.8 Å². The number of benzene rings is 2. The minimum Gasteiger partial charge on any atom is -0.496 e. The van der Waals surface area contributed by atoms with E-state index in [0.29, 0.717) is 17.6 Å². The van der Waals surface area contributed by atoms with Crippen LogP contribution < -0.4 is 4.74 Å². The molecular weight excluding hydrogens is 352 g/mol. The van der Waals surface area contributed by atoms with Gasteiger partial charge in [-0.2, -0.15) is 10.1 Å². The Balaban J connectivity index is 1.38. The number of ether oxygens (including phenoxy) is 1. The molecular formula is C23H20N2O3. The molecule has 5 aliphatic rings. The van der Waals surface area contributed by atoms with Gasteiger partial charge in [0.1, 0.15) is 5.75 Å². The molecule has 2 saturated carbocycles. The molecule has 0 radical (unpaired) electrons. The first-order valence-electron chi connectivity index (χ1n) is 9.85. The van der Waals surface area contributed by atoms with Crippen LogP contribution in [0.2, 0.25) is 0 Å². The van der Waals surface area contributed by atoms with Crippen LogP contribution in [0, 0.1) is 35.5 Å². The SMILES string of the molecule is COc1ccc2ccccc2c1/C=N\N1C(=O)[C@@H]2[C@@H]3C=C[C@H]([C@H]4C[C@H]34)[C@@H]2C1=O. The Labute approximate surface area is 162 Å². The molecule has 1 saturated heterocycles. The number of amides is 2. The van der Waals surface area contributed by atoms with Crippen molar-refractivity contribution in [3.05, 3.63) is 54.1 Å². The summed E-state index contributed by atoms with van der Waals surface area (Å²) in [5.41, 5.74) is 0.778. The summed E-state index contributed by atoms with van der Waals surface area (Å²) in [6, 6.07) is 11.8. The Morgan fingerprint density at radius 3 is 2.36 bits per heavy atom. The highest BCUT2D eigenvalue weighted by molar-refractivity contribution is 6.08. The van der Waals surface area contributed by atoms with E-state index in [4.69, 9.17) is 4.74 Å². The Morgan fingerprint density at radius 2 is 1.68 bits per heavy atom. The number of hydrogen-bond acceptors (Lipinski definition) is 4. The molecule has 1 aliphatic heterocycles. The fraction of sp³-hybridized carbons (Fsp3) is 0.348. The molecule has 3 fully saturated rings. The quantitative estimate of drug-likeness (QED) is 0.472. The molecule has 2 amide bonds. The minimum atomic E-state index is -0.224. The van der Waals surface area contributed by atoms with Crippen molar-refractivity contribution in [3.8, 4) is 5.75 Å². The van der Waals surface area contributed by atoms with E-state index < -0.39 is 0 Å². The van der Waals surface area contributed by atoms with Crippen LogP contribution in [0.5, 0.6) is 5.75 Å². The minimum absolute atomic E-state index is 0.143. The zero-order valence-corrected chi connectivity index (χ0v) is 15.5. The summed E-state index contributed by atoms with van der Waals surface area (Å²) < 4.78 is 5.49. The number of hydrazone groups is 1. The van der Waals surface area contributed by atoms with Crippen molar-refractivity contribution >= 4 is 28.8 Å². The number of hydrogen-bond donors (Lipinski definition) is 0. The Morgan fingerprint density at radius 1 is 1.00 bits per heavy atom. The number of carbonyl (C=O) groups is 2. The largest absolute Gasteiger partial charge is 0.496 e. The molecule has 0 spiro atoms. The second-order valence-corrected chi connectivity index (χ2v) is 8.29. The standard InChI is InChI=1S/C23H20N2O3/c1-28-19-9-6-12-4-2-3-5-13(12)18(19)11-24-25-22(26)20-14-7-8-15(17-10-16(14)17)21(20)23(25)27/h2-9,11,14-17,20-21H,10H2,1H3/b24-11-/t14-,15-,16-,17-,20-,21+/m1/s1.